The Morgan fingerprint density at radius 1 is 1.12 bits per heavy atom. The maximum Gasteiger partial charge on any atom is 0.295 e. The van der Waals surface area contributed by atoms with E-state index in [0.717, 1.165) is 34.3 Å². The molecule has 0 aliphatic carbocycles. The van der Waals surface area contributed by atoms with E-state index in [-0.39, 0.29) is 17.8 Å². The normalized spacial score (nSPS) is 15.7. The number of aryl methyl sites for hydroxylation is 1. The van der Waals surface area contributed by atoms with Crippen LogP contribution in [0.4, 0.5) is 16.2 Å². The van der Waals surface area contributed by atoms with Crippen molar-refractivity contribution in [2.75, 3.05) is 31.0 Å². The largest absolute Gasteiger partial charge is 0.378 e. The lowest BCUT2D eigenvalue weighted by Crippen LogP contribution is -2.33. The summed E-state index contributed by atoms with van der Waals surface area (Å²) >= 11 is 0.974. The molecule has 1 N–H and O–H groups in total. The van der Waals surface area contributed by atoms with Gasteiger partial charge in [0.25, 0.3) is 11.1 Å². The molecule has 6 heteroatoms. The number of hydrogen-bond acceptors (Lipinski definition) is 5. The van der Waals surface area contributed by atoms with Gasteiger partial charge in [0.05, 0.1) is 11.6 Å². The molecule has 134 valence electrons. The number of imide groups is 1. The molecule has 5 nitrogen and oxygen atoms in total. The summed E-state index contributed by atoms with van der Waals surface area (Å²) in [6.45, 7) is 2.15. The van der Waals surface area contributed by atoms with Crippen molar-refractivity contribution in [1.82, 2.24) is 4.90 Å². The van der Waals surface area contributed by atoms with Gasteiger partial charge in [0.2, 0.25) is 0 Å². The Labute approximate surface area is 157 Å². The number of carbonyl (C=O) groups excluding carboxylic acids is 2. The van der Waals surface area contributed by atoms with Crippen LogP contribution >= 0.6 is 11.8 Å². The number of rotatable bonds is 5. The minimum absolute atomic E-state index is 0.158. The number of hydrogen-bond donors (Lipinski definition) is 1. The number of amides is 2. The summed E-state index contributed by atoms with van der Waals surface area (Å²) in [7, 11) is 3.95. The molecule has 3 rings (SSSR count). The molecule has 1 aliphatic heterocycles. The Morgan fingerprint density at radius 3 is 2.50 bits per heavy atom. The number of nitrogens with one attached hydrogen (secondary N) is 1. The minimum Gasteiger partial charge on any atom is -0.378 e. The summed E-state index contributed by atoms with van der Waals surface area (Å²) in [6, 6.07) is 15.7. The number of anilines is 2. The molecular formula is C20H21N3O2S. The zero-order valence-corrected chi connectivity index (χ0v) is 15.8. The zero-order chi connectivity index (χ0) is 18.7. The van der Waals surface area contributed by atoms with E-state index in [0.29, 0.717) is 4.91 Å². The maximum atomic E-state index is 12.6. The first-order valence-corrected chi connectivity index (χ1v) is 9.09. The van der Waals surface area contributed by atoms with Crippen LogP contribution in [0.15, 0.2) is 53.4 Å². The molecule has 1 aliphatic rings. The van der Waals surface area contributed by atoms with Crippen LogP contribution in [-0.2, 0) is 4.79 Å². The van der Waals surface area contributed by atoms with Crippen molar-refractivity contribution in [3.8, 4) is 0 Å². The lowest BCUT2D eigenvalue weighted by Gasteiger charge is -2.14. The van der Waals surface area contributed by atoms with Crippen molar-refractivity contribution in [2.45, 2.75) is 6.92 Å². The van der Waals surface area contributed by atoms with E-state index in [9.17, 15) is 9.59 Å². The van der Waals surface area contributed by atoms with E-state index in [1.165, 1.54) is 4.90 Å². The molecule has 0 unspecified atom stereocenters. The maximum absolute atomic E-state index is 12.6. The molecule has 0 radical (unpaired) electrons. The van der Waals surface area contributed by atoms with Crippen LogP contribution in [0.5, 0.6) is 0 Å². The standard InChI is InChI=1S/C20H21N3O2S/c1-14-5-4-6-16(11-14)21-13-23-19(24)18(26-20(23)25)12-15-7-9-17(10-8-15)22(2)3/h4-12,21H,13H2,1-3H3/b18-12+. The smallest absolute Gasteiger partial charge is 0.295 e. The lowest BCUT2D eigenvalue weighted by atomic mass is 10.2. The number of thioether (sulfide) groups is 1. The van der Waals surface area contributed by atoms with Gasteiger partial charge in [0, 0.05) is 25.5 Å². The lowest BCUT2D eigenvalue weighted by molar-refractivity contribution is -0.122. The highest BCUT2D eigenvalue weighted by atomic mass is 32.2. The first kappa shape index (κ1) is 18.1. The predicted octanol–water partition coefficient (Wildman–Crippen LogP) is 4.17. The quantitative estimate of drug-likeness (QED) is 0.804. The second-order valence-electron chi connectivity index (χ2n) is 6.30. The third-order valence-corrected chi connectivity index (χ3v) is 4.95. The Bertz CT molecular complexity index is 860. The summed E-state index contributed by atoms with van der Waals surface area (Å²) in [4.78, 5) is 28.4. The van der Waals surface area contributed by atoms with Crippen LogP contribution in [0.25, 0.3) is 6.08 Å². The van der Waals surface area contributed by atoms with Gasteiger partial charge in [0.15, 0.2) is 0 Å². The van der Waals surface area contributed by atoms with Gasteiger partial charge in [-0.15, -0.1) is 0 Å². The molecule has 1 heterocycles. The molecule has 0 atom stereocenters. The van der Waals surface area contributed by atoms with E-state index in [2.05, 4.69) is 5.32 Å². The van der Waals surface area contributed by atoms with Gasteiger partial charge in [-0.2, -0.15) is 0 Å². The second-order valence-corrected chi connectivity index (χ2v) is 7.29. The van der Waals surface area contributed by atoms with Crippen molar-refractivity contribution in [2.24, 2.45) is 0 Å². The van der Waals surface area contributed by atoms with E-state index in [1.807, 2.05) is 74.4 Å². The fraction of sp³-hybridized carbons (Fsp3) is 0.200. The second kappa shape index (κ2) is 7.66. The minimum atomic E-state index is -0.267. The Hall–Kier alpha value is -2.73. The monoisotopic (exact) mass is 367 g/mol. The van der Waals surface area contributed by atoms with Crippen molar-refractivity contribution in [3.05, 3.63) is 64.6 Å². The van der Waals surface area contributed by atoms with Crippen molar-refractivity contribution >= 4 is 40.4 Å². The highest BCUT2D eigenvalue weighted by Crippen LogP contribution is 2.32. The number of carbonyl (C=O) groups is 2. The Morgan fingerprint density at radius 2 is 1.85 bits per heavy atom. The average Bonchev–Trinajstić information content (AvgIpc) is 2.87. The SMILES string of the molecule is Cc1cccc(NCN2C(=O)S/C(=C/c3ccc(N(C)C)cc3)C2=O)c1. The van der Waals surface area contributed by atoms with Crippen molar-refractivity contribution in [1.29, 1.82) is 0 Å². The van der Waals surface area contributed by atoms with Crippen LogP contribution < -0.4 is 10.2 Å². The molecule has 2 amide bonds. The van der Waals surface area contributed by atoms with Gasteiger partial charge >= 0.3 is 0 Å². The highest BCUT2D eigenvalue weighted by molar-refractivity contribution is 8.18. The van der Waals surface area contributed by atoms with Crippen molar-refractivity contribution in [3.63, 3.8) is 0 Å². The first-order chi connectivity index (χ1) is 12.4. The molecule has 0 spiro atoms. The fourth-order valence-corrected chi connectivity index (χ4v) is 3.42. The summed E-state index contributed by atoms with van der Waals surface area (Å²) in [5, 5.41) is 2.87. The third kappa shape index (κ3) is 4.08. The van der Waals surface area contributed by atoms with Gasteiger partial charge < -0.3 is 10.2 Å². The van der Waals surface area contributed by atoms with Gasteiger partial charge in [-0.3, -0.25) is 14.5 Å². The van der Waals surface area contributed by atoms with E-state index in [4.69, 9.17) is 0 Å². The van der Waals surface area contributed by atoms with E-state index >= 15 is 0 Å². The molecule has 1 saturated heterocycles. The molecule has 0 saturated carbocycles. The zero-order valence-electron chi connectivity index (χ0n) is 15.0. The van der Waals surface area contributed by atoms with Crippen LogP contribution in [0, 0.1) is 6.92 Å². The number of nitrogens with zero attached hydrogens (tertiary/aromatic N) is 2. The molecule has 1 fully saturated rings. The van der Waals surface area contributed by atoms with Gasteiger partial charge in [-0.25, -0.2) is 0 Å². The van der Waals surface area contributed by atoms with Crippen LogP contribution in [0.2, 0.25) is 0 Å². The van der Waals surface area contributed by atoms with Gasteiger partial charge in [-0.05, 0) is 60.2 Å². The molecule has 2 aromatic carbocycles. The summed E-state index contributed by atoms with van der Waals surface area (Å²) in [5.41, 5.74) is 3.97. The first-order valence-electron chi connectivity index (χ1n) is 8.27. The Balaban J connectivity index is 1.69. The van der Waals surface area contributed by atoms with Crippen LogP contribution in [0.3, 0.4) is 0 Å². The Kier molecular flexibility index (Phi) is 5.32. The molecule has 0 aromatic heterocycles. The van der Waals surface area contributed by atoms with Crippen LogP contribution in [0.1, 0.15) is 11.1 Å². The summed E-state index contributed by atoms with van der Waals surface area (Å²) in [5.74, 6) is -0.267. The molecule has 26 heavy (non-hydrogen) atoms. The predicted molar refractivity (Wildman–Crippen MR) is 108 cm³/mol. The van der Waals surface area contributed by atoms with E-state index in [1.54, 1.807) is 6.08 Å². The highest BCUT2D eigenvalue weighted by Gasteiger charge is 2.34. The average molecular weight is 367 g/mol. The van der Waals surface area contributed by atoms with E-state index < -0.39 is 0 Å². The fourth-order valence-electron chi connectivity index (χ4n) is 2.58. The van der Waals surface area contributed by atoms with Gasteiger partial charge in [-0.1, -0.05) is 24.3 Å². The van der Waals surface area contributed by atoms with Crippen LogP contribution in [-0.4, -0.2) is 36.8 Å². The topological polar surface area (TPSA) is 52.7 Å². The van der Waals surface area contributed by atoms with Crippen molar-refractivity contribution < 1.29 is 9.59 Å². The molecular weight excluding hydrogens is 346 g/mol. The summed E-state index contributed by atoms with van der Waals surface area (Å²) in [6.07, 6.45) is 1.76. The number of benzene rings is 2. The molecule has 2 aromatic rings. The third-order valence-electron chi connectivity index (χ3n) is 4.04. The van der Waals surface area contributed by atoms with Gasteiger partial charge in [0.1, 0.15) is 0 Å². The molecule has 0 bridgehead atoms. The summed E-state index contributed by atoms with van der Waals surface area (Å²) < 4.78 is 0.